The smallest absolute Gasteiger partial charge is 0.293 e. The molecule has 170 valence electrons. The van der Waals surface area contributed by atoms with Crippen molar-refractivity contribution in [3.63, 3.8) is 0 Å². The van der Waals surface area contributed by atoms with Crippen LogP contribution in [0.3, 0.4) is 0 Å². The molecule has 0 radical (unpaired) electrons. The second kappa shape index (κ2) is 9.11. The standard InChI is InChI=1S/C22H13N3O8S/c26-18(13-1-5-15(6-2-13)24(29)30)12-23-21(27)20(34-22(23)28)11-17-9-10-19(33-17)14-3-7-16(8-4-14)25(31)32/h1-11H,12H2/b20-11+. The molecule has 1 saturated heterocycles. The van der Waals surface area contributed by atoms with E-state index in [1.807, 2.05) is 0 Å². The number of carbonyl (C=O) groups excluding carboxylic acids is 3. The number of imide groups is 1. The summed E-state index contributed by atoms with van der Waals surface area (Å²) in [6, 6.07) is 13.8. The van der Waals surface area contributed by atoms with Crippen LogP contribution in [-0.2, 0) is 4.79 Å². The number of furan rings is 1. The summed E-state index contributed by atoms with van der Waals surface area (Å²) in [6.45, 7) is -0.508. The predicted octanol–water partition coefficient (Wildman–Crippen LogP) is 4.68. The largest absolute Gasteiger partial charge is 0.457 e. The summed E-state index contributed by atoms with van der Waals surface area (Å²) >= 11 is 0.652. The average molecular weight is 479 g/mol. The number of benzene rings is 2. The van der Waals surface area contributed by atoms with Gasteiger partial charge in [0.15, 0.2) is 5.78 Å². The first-order chi connectivity index (χ1) is 16.2. The first-order valence-corrected chi connectivity index (χ1v) is 10.4. The number of rotatable bonds is 7. The van der Waals surface area contributed by atoms with Gasteiger partial charge >= 0.3 is 0 Å². The van der Waals surface area contributed by atoms with Crippen molar-refractivity contribution >= 4 is 46.1 Å². The molecule has 2 amide bonds. The van der Waals surface area contributed by atoms with E-state index in [4.69, 9.17) is 4.42 Å². The van der Waals surface area contributed by atoms with Crippen molar-refractivity contribution in [2.75, 3.05) is 6.54 Å². The van der Waals surface area contributed by atoms with Crippen LogP contribution in [0.15, 0.2) is 70.0 Å². The van der Waals surface area contributed by atoms with Gasteiger partial charge in [-0.15, -0.1) is 0 Å². The topological polar surface area (TPSA) is 154 Å². The van der Waals surface area contributed by atoms with Gasteiger partial charge in [0.25, 0.3) is 22.5 Å². The number of ketones is 1. The van der Waals surface area contributed by atoms with Gasteiger partial charge in [0, 0.05) is 41.5 Å². The first kappa shape index (κ1) is 22.6. The SMILES string of the molecule is O=C(CN1C(=O)S/C(=C/c2ccc(-c3ccc([N+](=O)[O-])cc3)o2)C1=O)c1ccc([N+](=O)[O-])cc1. The molecule has 0 N–H and O–H groups in total. The molecular weight excluding hydrogens is 466 g/mol. The van der Waals surface area contributed by atoms with Gasteiger partial charge in [0.2, 0.25) is 0 Å². The normalized spacial score (nSPS) is 14.6. The number of hydrogen-bond acceptors (Lipinski definition) is 9. The van der Waals surface area contributed by atoms with Gasteiger partial charge in [-0.05, 0) is 48.2 Å². The highest BCUT2D eigenvalue weighted by Crippen LogP contribution is 2.33. The number of thioether (sulfide) groups is 1. The summed E-state index contributed by atoms with van der Waals surface area (Å²) in [7, 11) is 0. The van der Waals surface area contributed by atoms with Crippen molar-refractivity contribution in [1.82, 2.24) is 4.90 Å². The van der Waals surface area contributed by atoms with E-state index in [2.05, 4.69) is 0 Å². The van der Waals surface area contributed by atoms with Gasteiger partial charge in [-0.1, -0.05) is 0 Å². The maximum absolute atomic E-state index is 12.7. The fourth-order valence-electron chi connectivity index (χ4n) is 3.10. The van der Waals surface area contributed by atoms with E-state index in [0.29, 0.717) is 23.1 Å². The molecule has 4 rings (SSSR count). The number of nitro benzene ring substituents is 2. The van der Waals surface area contributed by atoms with Gasteiger partial charge < -0.3 is 4.42 Å². The number of carbonyl (C=O) groups is 3. The Morgan fingerprint density at radius 3 is 2.09 bits per heavy atom. The Balaban J connectivity index is 1.47. The Labute approximate surface area is 195 Å². The molecule has 12 heteroatoms. The van der Waals surface area contributed by atoms with Crippen LogP contribution in [0.25, 0.3) is 17.4 Å². The van der Waals surface area contributed by atoms with Crippen molar-refractivity contribution in [1.29, 1.82) is 0 Å². The van der Waals surface area contributed by atoms with Gasteiger partial charge in [-0.2, -0.15) is 0 Å². The fourth-order valence-corrected chi connectivity index (χ4v) is 3.92. The van der Waals surface area contributed by atoms with Gasteiger partial charge in [-0.3, -0.25) is 39.5 Å². The van der Waals surface area contributed by atoms with Crippen molar-refractivity contribution < 1.29 is 28.6 Å². The highest BCUT2D eigenvalue weighted by atomic mass is 32.2. The van der Waals surface area contributed by atoms with Gasteiger partial charge in [0.1, 0.15) is 11.5 Å². The number of hydrogen-bond donors (Lipinski definition) is 0. The molecule has 1 aromatic heterocycles. The van der Waals surface area contributed by atoms with Crippen LogP contribution in [-0.4, -0.2) is 38.2 Å². The van der Waals surface area contributed by atoms with Crippen molar-refractivity contribution in [3.05, 3.63) is 97.1 Å². The van der Waals surface area contributed by atoms with Crippen LogP contribution in [0.1, 0.15) is 16.1 Å². The summed E-state index contributed by atoms with van der Waals surface area (Å²) in [6.07, 6.45) is 1.37. The van der Waals surface area contributed by atoms with E-state index in [1.165, 1.54) is 54.6 Å². The Bertz CT molecular complexity index is 1360. The summed E-state index contributed by atoms with van der Waals surface area (Å²) in [5.74, 6) is -0.523. The Morgan fingerprint density at radius 1 is 0.912 bits per heavy atom. The molecule has 0 aliphatic carbocycles. The number of nitrogens with zero attached hydrogens (tertiary/aromatic N) is 3. The fraction of sp³-hybridized carbons (Fsp3) is 0.0455. The third kappa shape index (κ3) is 4.61. The van der Waals surface area contributed by atoms with Crippen molar-refractivity contribution in [2.24, 2.45) is 0 Å². The molecule has 0 saturated carbocycles. The third-order valence-electron chi connectivity index (χ3n) is 4.84. The highest BCUT2D eigenvalue weighted by Gasteiger charge is 2.36. The van der Waals surface area contributed by atoms with Gasteiger partial charge in [-0.25, -0.2) is 0 Å². The van der Waals surface area contributed by atoms with E-state index < -0.39 is 33.3 Å². The average Bonchev–Trinajstić information content (AvgIpc) is 3.39. The van der Waals surface area contributed by atoms with Gasteiger partial charge in [0.05, 0.1) is 21.3 Å². The molecule has 11 nitrogen and oxygen atoms in total. The van der Waals surface area contributed by atoms with E-state index >= 15 is 0 Å². The van der Waals surface area contributed by atoms with Crippen molar-refractivity contribution in [2.45, 2.75) is 0 Å². The van der Waals surface area contributed by atoms with Crippen LogP contribution in [0.2, 0.25) is 0 Å². The first-order valence-electron chi connectivity index (χ1n) is 9.60. The van der Waals surface area contributed by atoms with E-state index in [-0.39, 0.29) is 27.6 Å². The molecule has 3 aromatic rings. The molecule has 2 aromatic carbocycles. The van der Waals surface area contributed by atoms with E-state index in [0.717, 1.165) is 4.90 Å². The van der Waals surface area contributed by atoms with Crippen LogP contribution < -0.4 is 0 Å². The number of Topliss-reactive ketones (excluding diaryl/α,β-unsaturated/α-hetero) is 1. The minimum Gasteiger partial charge on any atom is -0.457 e. The monoisotopic (exact) mass is 479 g/mol. The number of amides is 2. The molecule has 1 fully saturated rings. The van der Waals surface area contributed by atoms with E-state index in [1.54, 1.807) is 12.1 Å². The van der Waals surface area contributed by atoms with Crippen LogP contribution in [0, 0.1) is 20.2 Å². The molecule has 0 unspecified atom stereocenters. The van der Waals surface area contributed by atoms with Crippen LogP contribution in [0.5, 0.6) is 0 Å². The third-order valence-corrected chi connectivity index (χ3v) is 5.75. The molecule has 1 aliphatic rings. The Hall–Kier alpha value is -4.58. The maximum Gasteiger partial charge on any atom is 0.293 e. The molecule has 2 heterocycles. The Kier molecular flexibility index (Phi) is 6.06. The number of nitro groups is 2. The second-order valence-corrected chi connectivity index (χ2v) is 7.99. The Morgan fingerprint density at radius 2 is 1.50 bits per heavy atom. The molecular formula is C22H13N3O8S. The lowest BCUT2D eigenvalue weighted by Gasteiger charge is -2.11. The highest BCUT2D eigenvalue weighted by molar-refractivity contribution is 8.18. The van der Waals surface area contributed by atoms with Crippen LogP contribution >= 0.6 is 11.8 Å². The molecule has 34 heavy (non-hydrogen) atoms. The zero-order chi connectivity index (χ0) is 24.4. The molecule has 1 aliphatic heterocycles. The molecule has 0 spiro atoms. The zero-order valence-corrected chi connectivity index (χ0v) is 17.9. The summed E-state index contributed by atoms with van der Waals surface area (Å²) in [4.78, 5) is 58.7. The molecule has 0 bridgehead atoms. The summed E-state index contributed by atoms with van der Waals surface area (Å²) < 4.78 is 5.67. The van der Waals surface area contributed by atoms with Crippen LogP contribution in [0.4, 0.5) is 16.2 Å². The van der Waals surface area contributed by atoms with E-state index in [9.17, 15) is 34.6 Å². The molecule has 0 atom stereocenters. The second-order valence-electron chi connectivity index (χ2n) is 7.00. The maximum atomic E-state index is 12.7. The summed E-state index contributed by atoms with van der Waals surface area (Å²) in [5.41, 5.74) is 0.476. The lowest BCUT2D eigenvalue weighted by Crippen LogP contribution is -2.33. The zero-order valence-electron chi connectivity index (χ0n) is 17.1. The quantitative estimate of drug-likeness (QED) is 0.203. The minimum atomic E-state index is -0.668. The summed E-state index contributed by atoms with van der Waals surface area (Å²) in [5, 5.41) is 20.9. The lowest BCUT2D eigenvalue weighted by atomic mass is 10.1. The number of non-ortho nitro benzene ring substituents is 2. The predicted molar refractivity (Wildman–Crippen MR) is 121 cm³/mol. The lowest BCUT2D eigenvalue weighted by molar-refractivity contribution is -0.385. The minimum absolute atomic E-state index is 0.0612. The van der Waals surface area contributed by atoms with Crippen molar-refractivity contribution in [3.8, 4) is 11.3 Å².